The molecule has 5 aromatic rings. The van der Waals surface area contributed by atoms with E-state index in [2.05, 4.69) is 28.2 Å². The molecule has 23 heavy (non-hydrogen) atoms. The molecule has 0 atom stereocenters. The first kappa shape index (κ1) is 12.3. The van der Waals surface area contributed by atoms with Crippen molar-refractivity contribution in [2.45, 2.75) is 0 Å². The Kier molecular flexibility index (Phi) is 2.46. The van der Waals surface area contributed by atoms with Crippen LogP contribution in [0.3, 0.4) is 0 Å². The van der Waals surface area contributed by atoms with E-state index >= 15 is 0 Å². The van der Waals surface area contributed by atoms with E-state index < -0.39 is 0 Å². The van der Waals surface area contributed by atoms with Gasteiger partial charge in [-0.2, -0.15) is 0 Å². The summed E-state index contributed by atoms with van der Waals surface area (Å²) >= 11 is 0. The summed E-state index contributed by atoms with van der Waals surface area (Å²) in [5.74, 6) is 0. The van der Waals surface area contributed by atoms with Gasteiger partial charge in [-0.15, -0.1) is 0 Å². The number of furan rings is 1. The number of aromatic nitrogens is 3. The van der Waals surface area contributed by atoms with Gasteiger partial charge in [-0.1, -0.05) is 24.3 Å². The number of hydrogen-bond donors (Lipinski definition) is 0. The Morgan fingerprint density at radius 2 is 1.70 bits per heavy atom. The molecule has 0 amide bonds. The molecular formula is C19H11N3O. The lowest BCUT2D eigenvalue weighted by molar-refractivity contribution is 0.667. The standard InChI is InChI=1S/C19H11N3O/c1-2-4-13-10-21-16(9-12(13)3-1)15-5-6-18-19(22-15)14-11-20-8-7-17(14)23-18/h1-11H. The van der Waals surface area contributed by atoms with E-state index in [9.17, 15) is 0 Å². The van der Waals surface area contributed by atoms with Gasteiger partial charge in [0.2, 0.25) is 0 Å². The van der Waals surface area contributed by atoms with Crippen molar-refractivity contribution >= 4 is 32.8 Å². The third-order valence-electron chi connectivity index (χ3n) is 4.01. The number of rotatable bonds is 1. The zero-order valence-corrected chi connectivity index (χ0v) is 12.1. The fourth-order valence-electron chi connectivity index (χ4n) is 2.85. The van der Waals surface area contributed by atoms with Crippen molar-refractivity contribution in [1.29, 1.82) is 0 Å². The van der Waals surface area contributed by atoms with Crippen molar-refractivity contribution < 1.29 is 4.42 Å². The number of fused-ring (bicyclic) bond motifs is 4. The van der Waals surface area contributed by atoms with Crippen LogP contribution in [-0.2, 0) is 0 Å². The van der Waals surface area contributed by atoms with Gasteiger partial charge in [-0.25, -0.2) is 4.98 Å². The van der Waals surface area contributed by atoms with Crippen molar-refractivity contribution in [3.8, 4) is 11.4 Å². The first-order valence-corrected chi connectivity index (χ1v) is 7.37. The molecule has 0 fully saturated rings. The molecule has 4 aromatic heterocycles. The summed E-state index contributed by atoms with van der Waals surface area (Å²) in [5, 5.41) is 3.19. The van der Waals surface area contributed by atoms with Crippen LogP contribution in [0.1, 0.15) is 0 Å². The normalized spacial score (nSPS) is 11.5. The van der Waals surface area contributed by atoms with Crippen molar-refractivity contribution in [3.05, 3.63) is 67.1 Å². The summed E-state index contributed by atoms with van der Waals surface area (Å²) in [7, 11) is 0. The average Bonchev–Trinajstić information content (AvgIpc) is 2.99. The van der Waals surface area contributed by atoms with Gasteiger partial charge in [0.25, 0.3) is 0 Å². The van der Waals surface area contributed by atoms with E-state index in [1.165, 1.54) is 0 Å². The Morgan fingerprint density at radius 3 is 2.65 bits per heavy atom. The lowest BCUT2D eigenvalue weighted by atomic mass is 10.1. The molecule has 0 aliphatic carbocycles. The van der Waals surface area contributed by atoms with Crippen molar-refractivity contribution in [1.82, 2.24) is 15.0 Å². The minimum atomic E-state index is 0.762. The second-order valence-corrected chi connectivity index (χ2v) is 5.43. The SMILES string of the molecule is c1ccc2cc(-c3ccc4oc5ccncc5c4n3)ncc2c1. The highest BCUT2D eigenvalue weighted by Crippen LogP contribution is 2.29. The minimum absolute atomic E-state index is 0.762. The van der Waals surface area contributed by atoms with Crippen LogP contribution in [-0.4, -0.2) is 15.0 Å². The van der Waals surface area contributed by atoms with Crippen LogP contribution < -0.4 is 0 Å². The van der Waals surface area contributed by atoms with Gasteiger partial charge in [0, 0.05) is 24.0 Å². The van der Waals surface area contributed by atoms with Crippen LogP contribution in [0.25, 0.3) is 44.2 Å². The summed E-state index contributed by atoms with van der Waals surface area (Å²) in [6.45, 7) is 0. The smallest absolute Gasteiger partial charge is 0.153 e. The molecule has 4 nitrogen and oxygen atoms in total. The van der Waals surface area contributed by atoms with Crippen LogP contribution in [0.15, 0.2) is 71.5 Å². The minimum Gasteiger partial charge on any atom is -0.454 e. The van der Waals surface area contributed by atoms with Gasteiger partial charge in [0.1, 0.15) is 11.1 Å². The quantitative estimate of drug-likeness (QED) is 0.454. The van der Waals surface area contributed by atoms with Crippen LogP contribution in [0.2, 0.25) is 0 Å². The number of nitrogens with zero attached hydrogens (tertiary/aromatic N) is 3. The summed E-state index contributed by atoms with van der Waals surface area (Å²) < 4.78 is 5.79. The Balaban J connectivity index is 1.76. The molecule has 0 spiro atoms. The summed E-state index contributed by atoms with van der Waals surface area (Å²) in [6, 6.07) is 16.0. The maximum atomic E-state index is 5.79. The van der Waals surface area contributed by atoms with Crippen LogP contribution in [0.4, 0.5) is 0 Å². The van der Waals surface area contributed by atoms with E-state index in [1.807, 2.05) is 36.5 Å². The molecular weight excluding hydrogens is 286 g/mol. The van der Waals surface area contributed by atoms with E-state index in [4.69, 9.17) is 9.40 Å². The molecule has 0 saturated carbocycles. The van der Waals surface area contributed by atoms with E-state index in [0.717, 1.165) is 44.2 Å². The second kappa shape index (κ2) is 4.61. The predicted molar refractivity (Wildman–Crippen MR) is 90.0 cm³/mol. The molecule has 0 bridgehead atoms. The molecule has 0 aliphatic heterocycles. The zero-order chi connectivity index (χ0) is 15.2. The molecule has 0 radical (unpaired) electrons. The molecule has 4 heterocycles. The van der Waals surface area contributed by atoms with Gasteiger partial charge in [0.15, 0.2) is 5.58 Å². The van der Waals surface area contributed by atoms with Crippen LogP contribution in [0, 0.1) is 0 Å². The first-order valence-electron chi connectivity index (χ1n) is 7.37. The third-order valence-corrected chi connectivity index (χ3v) is 4.01. The first-order chi connectivity index (χ1) is 11.4. The number of benzene rings is 1. The molecule has 0 N–H and O–H groups in total. The average molecular weight is 297 g/mol. The van der Waals surface area contributed by atoms with E-state index in [1.54, 1.807) is 12.4 Å². The van der Waals surface area contributed by atoms with Crippen molar-refractivity contribution in [3.63, 3.8) is 0 Å². The van der Waals surface area contributed by atoms with Gasteiger partial charge in [-0.3, -0.25) is 9.97 Å². The topological polar surface area (TPSA) is 51.8 Å². The highest BCUT2D eigenvalue weighted by Gasteiger charge is 2.10. The largest absolute Gasteiger partial charge is 0.454 e. The maximum Gasteiger partial charge on any atom is 0.153 e. The third kappa shape index (κ3) is 1.89. The Bertz CT molecular complexity index is 1180. The monoisotopic (exact) mass is 297 g/mol. The summed E-state index contributed by atoms with van der Waals surface area (Å²) in [4.78, 5) is 13.4. The summed E-state index contributed by atoms with van der Waals surface area (Å²) in [5.41, 5.74) is 4.06. The van der Waals surface area contributed by atoms with Gasteiger partial charge in [0.05, 0.1) is 16.8 Å². The van der Waals surface area contributed by atoms with Crippen LogP contribution >= 0.6 is 0 Å². The molecule has 108 valence electrons. The van der Waals surface area contributed by atoms with E-state index in [0.29, 0.717) is 0 Å². The van der Waals surface area contributed by atoms with Crippen LogP contribution in [0.5, 0.6) is 0 Å². The van der Waals surface area contributed by atoms with E-state index in [-0.39, 0.29) is 0 Å². The summed E-state index contributed by atoms with van der Waals surface area (Å²) in [6.07, 6.45) is 5.38. The maximum absolute atomic E-state index is 5.79. The Labute approximate surface area is 131 Å². The van der Waals surface area contributed by atoms with Gasteiger partial charge >= 0.3 is 0 Å². The van der Waals surface area contributed by atoms with Crippen molar-refractivity contribution in [2.24, 2.45) is 0 Å². The lowest BCUT2D eigenvalue weighted by Gasteiger charge is -2.02. The number of pyridine rings is 3. The second-order valence-electron chi connectivity index (χ2n) is 5.43. The predicted octanol–water partition coefficient (Wildman–Crippen LogP) is 4.59. The molecule has 0 saturated heterocycles. The lowest BCUT2D eigenvalue weighted by Crippen LogP contribution is -1.88. The van der Waals surface area contributed by atoms with Gasteiger partial charge in [-0.05, 0) is 29.7 Å². The molecule has 1 aromatic carbocycles. The van der Waals surface area contributed by atoms with Crippen molar-refractivity contribution in [2.75, 3.05) is 0 Å². The fraction of sp³-hybridized carbons (Fsp3) is 0. The Morgan fingerprint density at radius 1 is 0.783 bits per heavy atom. The highest BCUT2D eigenvalue weighted by molar-refractivity contribution is 6.02. The highest BCUT2D eigenvalue weighted by atomic mass is 16.3. The molecule has 4 heteroatoms. The molecule has 5 rings (SSSR count). The zero-order valence-electron chi connectivity index (χ0n) is 12.1. The molecule has 0 aliphatic rings. The fourth-order valence-corrected chi connectivity index (χ4v) is 2.85. The molecule has 0 unspecified atom stereocenters. The van der Waals surface area contributed by atoms with Gasteiger partial charge < -0.3 is 4.42 Å². The Hall–Kier alpha value is -3.27. The number of hydrogen-bond acceptors (Lipinski definition) is 4.